The first kappa shape index (κ1) is 16.0. The maximum Gasteiger partial charge on any atom is 0.223 e. The van der Waals surface area contributed by atoms with Gasteiger partial charge < -0.3 is 15.2 Å². The van der Waals surface area contributed by atoms with Gasteiger partial charge in [-0.1, -0.05) is 13.3 Å². The lowest BCUT2D eigenvalue weighted by atomic mass is 9.94. The van der Waals surface area contributed by atoms with Gasteiger partial charge in [-0.3, -0.25) is 4.79 Å². The first-order chi connectivity index (χ1) is 10.2. The van der Waals surface area contributed by atoms with Gasteiger partial charge in [0.15, 0.2) is 0 Å². The molecule has 2 N–H and O–H groups in total. The molecule has 2 rings (SSSR count). The van der Waals surface area contributed by atoms with E-state index in [1.165, 1.54) is 6.42 Å². The number of aryl methyl sites for hydroxylation is 2. The summed E-state index contributed by atoms with van der Waals surface area (Å²) < 4.78 is 2.11. The Morgan fingerprint density at radius 2 is 2.19 bits per heavy atom. The van der Waals surface area contributed by atoms with Gasteiger partial charge in [0.05, 0.1) is 0 Å². The van der Waals surface area contributed by atoms with Crippen LogP contribution >= 0.6 is 0 Å². The van der Waals surface area contributed by atoms with Crippen molar-refractivity contribution in [2.75, 3.05) is 19.6 Å². The number of piperidine rings is 1. The number of aromatic nitrogens is 2. The van der Waals surface area contributed by atoms with Gasteiger partial charge in [-0.2, -0.15) is 0 Å². The summed E-state index contributed by atoms with van der Waals surface area (Å²) in [6.45, 7) is 5.67. The van der Waals surface area contributed by atoms with Crippen LogP contribution < -0.4 is 5.73 Å². The molecule has 0 unspecified atom stereocenters. The lowest BCUT2D eigenvalue weighted by molar-refractivity contribution is -0.132. The van der Waals surface area contributed by atoms with Gasteiger partial charge in [0, 0.05) is 44.9 Å². The summed E-state index contributed by atoms with van der Waals surface area (Å²) in [5, 5.41) is 0. The molecule has 5 heteroatoms. The maximum atomic E-state index is 12.3. The summed E-state index contributed by atoms with van der Waals surface area (Å²) in [7, 11) is 0. The van der Waals surface area contributed by atoms with E-state index in [1.54, 1.807) is 0 Å². The van der Waals surface area contributed by atoms with Gasteiger partial charge >= 0.3 is 0 Å². The van der Waals surface area contributed by atoms with Crippen molar-refractivity contribution < 1.29 is 4.79 Å². The second kappa shape index (κ2) is 8.17. The third-order valence-electron chi connectivity index (χ3n) is 4.51. The van der Waals surface area contributed by atoms with Crippen LogP contribution in [0, 0.1) is 5.92 Å². The molecule has 0 atom stereocenters. The molecule has 21 heavy (non-hydrogen) atoms. The van der Waals surface area contributed by atoms with Crippen molar-refractivity contribution in [1.29, 1.82) is 0 Å². The highest BCUT2D eigenvalue weighted by atomic mass is 16.2. The van der Waals surface area contributed by atoms with Gasteiger partial charge in [0.1, 0.15) is 5.82 Å². The van der Waals surface area contributed by atoms with Crippen LogP contribution in [0.2, 0.25) is 0 Å². The SMILES string of the molecule is CCC1CCN(C(=O)CCc2nccn2CCCN)CC1. The third kappa shape index (κ3) is 4.56. The second-order valence-corrected chi connectivity index (χ2v) is 5.91. The summed E-state index contributed by atoms with van der Waals surface area (Å²) in [6.07, 6.45) is 9.58. The van der Waals surface area contributed by atoms with Crippen molar-refractivity contribution in [1.82, 2.24) is 14.5 Å². The minimum absolute atomic E-state index is 0.276. The average Bonchev–Trinajstić information content (AvgIpc) is 2.98. The minimum atomic E-state index is 0.276. The van der Waals surface area contributed by atoms with Crippen molar-refractivity contribution in [3.8, 4) is 0 Å². The summed E-state index contributed by atoms with van der Waals surface area (Å²) in [6, 6.07) is 0. The molecule has 0 saturated carbocycles. The maximum absolute atomic E-state index is 12.3. The van der Waals surface area contributed by atoms with Crippen molar-refractivity contribution in [3.05, 3.63) is 18.2 Å². The smallest absolute Gasteiger partial charge is 0.223 e. The molecule has 1 aromatic heterocycles. The first-order valence-electron chi connectivity index (χ1n) is 8.22. The normalized spacial score (nSPS) is 16.4. The van der Waals surface area contributed by atoms with Crippen molar-refractivity contribution >= 4 is 5.91 Å². The molecule has 1 fully saturated rings. The molecule has 5 nitrogen and oxygen atoms in total. The fourth-order valence-electron chi connectivity index (χ4n) is 3.00. The van der Waals surface area contributed by atoms with E-state index in [1.807, 2.05) is 17.3 Å². The van der Waals surface area contributed by atoms with E-state index >= 15 is 0 Å². The minimum Gasteiger partial charge on any atom is -0.343 e. The van der Waals surface area contributed by atoms with Crippen LogP contribution in [0.25, 0.3) is 0 Å². The van der Waals surface area contributed by atoms with Crippen LogP contribution in [-0.4, -0.2) is 40.0 Å². The van der Waals surface area contributed by atoms with Crippen LogP contribution in [0.5, 0.6) is 0 Å². The van der Waals surface area contributed by atoms with Crippen molar-refractivity contribution in [2.24, 2.45) is 11.7 Å². The molecule has 118 valence electrons. The molecule has 1 amide bonds. The number of carbonyl (C=O) groups is 1. The van der Waals surface area contributed by atoms with Crippen LogP contribution in [0.3, 0.4) is 0 Å². The van der Waals surface area contributed by atoms with Gasteiger partial charge in [-0.05, 0) is 31.7 Å². The molecule has 0 aromatic carbocycles. The molecule has 1 saturated heterocycles. The fraction of sp³-hybridized carbons (Fsp3) is 0.750. The van der Waals surface area contributed by atoms with Crippen molar-refractivity contribution in [2.45, 2.75) is 52.0 Å². The van der Waals surface area contributed by atoms with E-state index in [0.717, 1.165) is 57.1 Å². The number of rotatable bonds is 7. The molecule has 1 aliphatic heterocycles. The summed E-state index contributed by atoms with van der Waals surface area (Å²) >= 11 is 0. The molecule has 0 spiro atoms. The van der Waals surface area contributed by atoms with Crippen molar-refractivity contribution in [3.63, 3.8) is 0 Å². The largest absolute Gasteiger partial charge is 0.343 e. The van der Waals surface area contributed by atoms with E-state index in [9.17, 15) is 4.79 Å². The van der Waals surface area contributed by atoms with E-state index < -0.39 is 0 Å². The molecule has 1 aromatic rings. The zero-order valence-electron chi connectivity index (χ0n) is 13.1. The summed E-state index contributed by atoms with van der Waals surface area (Å²) in [4.78, 5) is 18.7. The zero-order valence-corrected chi connectivity index (χ0v) is 13.1. The number of imidazole rings is 1. The Morgan fingerprint density at radius 1 is 1.43 bits per heavy atom. The Kier molecular flexibility index (Phi) is 6.23. The van der Waals surface area contributed by atoms with Crippen LogP contribution in [0.1, 0.15) is 44.9 Å². The highest BCUT2D eigenvalue weighted by Gasteiger charge is 2.21. The van der Waals surface area contributed by atoms with E-state index in [4.69, 9.17) is 5.73 Å². The Morgan fingerprint density at radius 3 is 2.86 bits per heavy atom. The van der Waals surface area contributed by atoms with E-state index in [0.29, 0.717) is 13.0 Å². The predicted molar refractivity (Wildman–Crippen MR) is 83.8 cm³/mol. The topological polar surface area (TPSA) is 64.2 Å². The van der Waals surface area contributed by atoms with E-state index in [-0.39, 0.29) is 5.91 Å². The Bertz CT molecular complexity index is 435. The fourth-order valence-corrected chi connectivity index (χ4v) is 3.00. The van der Waals surface area contributed by atoms with Crippen LogP contribution in [-0.2, 0) is 17.8 Å². The number of likely N-dealkylation sites (tertiary alicyclic amines) is 1. The summed E-state index contributed by atoms with van der Waals surface area (Å²) in [5.74, 6) is 2.09. The number of nitrogens with zero attached hydrogens (tertiary/aromatic N) is 3. The lowest BCUT2D eigenvalue weighted by Crippen LogP contribution is -2.38. The first-order valence-corrected chi connectivity index (χ1v) is 8.22. The predicted octanol–water partition coefficient (Wildman–Crippen LogP) is 1.81. The quantitative estimate of drug-likeness (QED) is 0.833. The number of amides is 1. The number of hydrogen-bond acceptors (Lipinski definition) is 3. The highest BCUT2D eigenvalue weighted by molar-refractivity contribution is 5.76. The Hall–Kier alpha value is -1.36. The zero-order chi connectivity index (χ0) is 15.1. The Balaban J connectivity index is 1.78. The van der Waals surface area contributed by atoms with Gasteiger partial charge in [-0.25, -0.2) is 4.98 Å². The molecular weight excluding hydrogens is 264 g/mol. The molecule has 0 bridgehead atoms. The monoisotopic (exact) mass is 292 g/mol. The highest BCUT2D eigenvalue weighted by Crippen LogP contribution is 2.20. The molecule has 0 radical (unpaired) electrons. The average molecular weight is 292 g/mol. The lowest BCUT2D eigenvalue weighted by Gasteiger charge is -2.31. The van der Waals surface area contributed by atoms with Crippen LogP contribution in [0.15, 0.2) is 12.4 Å². The standard InChI is InChI=1S/C16H28N4O/c1-2-14-6-11-20(12-7-14)16(21)5-4-15-18-9-13-19(15)10-3-8-17/h9,13-14H,2-8,10-12,17H2,1H3. The molecule has 2 heterocycles. The summed E-state index contributed by atoms with van der Waals surface area (Å²) in [5.41, 5.74) is 5.54. The second-order valence-electron chi connectivity index (χ2n) is 5.91. The van der Waals surface area contributed by atoms with Gasteiger partial charge in [0.2, 0.25) is 5.91 Å². The Labute approximate surface area is 127 Å². The van der Waals surface area contributed by atoms with E-state index in [2.05, 4.69) is 16.5 Å². The van der Waals surface area contributed by atoms with Gasteiger partial charge in [-0.15, -0.1) is 0 Å². The molecule has 0 aliphatic carbocycles. The molecule has 1 aliphatic rings. The number of carbonyl (C=O) groups excluding carboxylic acids is 1. The number of nitrogens with two attached hydrogens (primary N) is 1. The van der Waals surface area contributed by atoms with Crippen LogP contribution in [0.4, 0.5) is 0 Å². The number of hydrogen-bond donors (Lipinski definition) is 1. The molecular formula is C16H28N4O. The van der Waals surface area contributed by atoms with Gasteiger partial charge in [0.25, 0.3) is 0 Å². The third-order valence-corrected chi connectivity index (χ3v) is 4.51.